The summed E-state index contributed by atoms with van der Waals surface area (Å²) in [5.74, 6) is -0.964. The van der Waals surface area contributed by atoms with E-state index in [1.165, 1.54) is 54.6 Å². The quantitative estimate of drug-likeness (QED) is 0.0530. The molecule has 0 aliphatic rings. The zero-order valence-electron chi connectivity index (χ0n) is 50.8. The van der Waals surface area contributed by atoms with Crippen molar-refractivity contribution in [1.82, 2.24) is 45.8 Å². The van der Waals surface area contributed by atoms with Gasteiger partial charge in [-0.2, -0.15) is 0 Å². The Morgan fingerprint density at radius 1 is 0.456 bits per heavy atom. The average molecular weight is 1380 g/mol. The van der Waals surface area contributed by atoms with Gasteiger partial charge in [-0.15, -0.1) is 42.2 Å². The maximum absolute atomic E-state index is 14.2. The summed E-state index contributed by atoms with van der Waals surface area (Å²) in [6.45, 7) is 19.1. The number of sulfonamides is 3. The number of benzene rings is 6. The first-order chi connectivity index (χ1) is 42.0. The molecular weight excluding hydrogens is 1310 g/mol. The second-order valence-corrected chi connectivity index (χ2v) is 29.8. The average Bonchev–Trinajstić information content (AvgIpc) is 2.91. The Hall–Kier alpha value is -7.14. The molecule has 5 N–H and O–H groups in total. The van der Waals surface area contributed by atoms with E-state index in [1.54, 1.807) is 62.1 Å². The van der Waals surface area contributed by atoms with Crippen LogP contribution in [0.1, 0.15) is 96.6 Å². The van der Waals surface area contributed by atoms with Crippen LogP contribution in [0.4, 0.5) is 30.2 Å². The van der Waals surface area contributed by atoms with Crippen LogP contribution in [0.5, 0.6) is 0 Å². The molecule has 3 heterocycles. The molecule has 0 atom stereocenters. The number of aromatic nitrogens is 7. The van der Waals surface area contributed by atoms with Gasteiger partial charge in [0.1, 0.15) is 29.2 Å². The third kappa shape index (κ3) is 17.3. The van der Waals surface area contributed by atoms with Gasteiger partial charge in [0, 0.05) is 30.8 Å². The minimum absolute atomic E-state index is 0.0166. The number of hydrogen-bond donors (Lipinski definition) is 5. The molecule has 0 aliphatic carbocycles. The highest BCUT2D eigenvalue weighted by Gasteiger charge is 2.27. The lowest BCUT2D eigenvalue weighted by Gasteiger charge is -2.19. The largest absolute Gasteiger partial charge is 0.419 e. The van der Waals surface area contributed by atoms with Crippen LogP contribution in [0.15, 0.2) is 133 Å². The molecule has 0 fully saturated rings. The van der Waals surface area contributed by atoms with Crippen molar-refractivity contribution in [3.63, 3.8) is 0 Å². The van der Waals surface area contributed by atoms with E-state index >= 15 is 0 Å². The molecule has 480 valence electrons. The monoisotopic (exact) mass is 1370 g/mol. The van der Waals surface area contributed by atoms with Crippen LogP contribution in [-0.2, 0) is 72.3 Å². The van der Waals surface area contributed by atoms with Crippen LogP contribution in [-0.4, -0.2) is 74.5 Å². The van der Waals surface area contributed by atoms with Crippen molar-refractivity contribution in [2.75, 3.05) is 28.3 Å². The van der Waals surface area contributed by atoms with E-state index in [2.05, 4.69) is 55.4 Å². The van der Waals surface area contributed by atoms with E-state index in [-0.39, 0.29) is 97.7 Å². The van der Waals surface area contributed by atoms with Gasteiger partial charge in [-0.1, -0.05) is 134 Å². The second kappa shape index (κ2) is 28.2. The lowest BCUT2D eigenvalue weighted by Crippen LogP contribution is -2.16. The summed E-state index contributed by atoms with van der Waals surface area (Å²) in [6, 6.07) is 26.4. The predicted molar refractivity (Wildman–Crippen MR) is 344 cm³/mol. The van der Waals surface area contributed by atoms with Crippen LogP contribution in [0.2, 0.25) is 15.1 Å². The third-order valence-electron chi connectivity index (χ3n) is 13.4. The number of hydrogen-bond acceptors (Lipinski definition) is 16. The van der Waals surface area contributed by atoms with Gasteiger partial charge in [-0.05, 0) is 102 Å². The normalized spacial score (nSPS) is 12.2. The SMILES string of the molecule is CC(C)(C)c1ccc(S(=O)(=O)Nc2cc(F)c(Cl)cc2-c2nnc(CCl)o2)cc1.CNCc1nnc(-c2cc(Cl)c(F)cc2NS(=O)(=O)c2ccc(C(C)(C)C)cc2)n1C.CNCc1nnc(-c2cc(Cl)c(F)cc2NS(=O)(=O)c2ccc(C(C)(C)C)cc2)o1. The van der Waals surface area contributed by atoms with Gasteiger partial charge in [-0.25, -0.2) is 38.4 Å². The lowest BCUT2D eigenvalue weighted by atomic mass is 9.87. The smallest absolute Gasteiger partial charge is 0.261 e. The summed E-state index contributed by atoms with van der Waals surface area (Å²) >= 11 is 23.4. The highest BCUT2D eigenvalue weighted by molar-refractivity contribution is 7.93. The van der Waals surface area contributed by atoms with E-state index in [9.17, 15) is 38.4 Å². The zero-order valence-corrected chi connectivity index (χ0v) is 56.3. The number of halogens is 7. The van der Waals surface area contributed by atoms with Gasteiger partial charge in [0.15, 0.2) is 5.82 Å². The molecule has 0 saturated heterocycles. The summed E-state index contributed by atoms with van der Waals surface area (Å²) in [4.78, 5) is 0.132. The molecule has 0 spiro atoms. The summed E-state index contributed by atoms with van der Waals surface area (Å²) in [5.41, 5.74) is 3.11. The predicted octanol–water partition coefficient (Wildman–Crippen LogP) is 13.8. The van der Waals surface area contributed by atoms with Gasteiger partial charge >= 0.3 is 0 Å². The lowest BCUT2D eigenvalue weighted by molar-refractivity contribution is 0.490. The van der Waals surface area contributed by atoms with Crippen LogP contribution in [0.3, 0.4) is 0 Å². The van der Waals surface area contributed by atoms with Crippen LogP contribution < -0.4 is 24.8 Å². The molecule has 0 unspecified atom stereocenters. The molecule has 20 nitrogen and oxygen atoms in total. The van der Waals surface area contributed by atoms with E-state index in [4.69, 9.17) is 55.2 Å². The number of nitrogens with one attached hydrogen (secondary N) is 5. The molecule has 3 aromatic heterocycles. The Bertz CT molecular complexity index is 4390. The Kier molecular flexibility index (Phi) is 22.0. The number of rotatable bonds is 17. The summed E-state index contributed by atoms with van der Waals surface area (Å²) in [6.07, 6.45) is 0. The fourth-order valence-electron chi connectivity index (χ4n) is 8.36. The molecule has 9 rings (SSSR count). The topological polar surface area (TPSA) is 271 Å². The minimum Gasteiger partial charge on any atom is -0.419 e. The van der Waals surface area contributed by atoms with E-state index in [1.807, 2.05) is 62.3 Å². The summed E-state index contributed by atoms with van der Waals surface area (Å²) < 4.78 is 140. The first-order valence-corrected chi connectivity index (χ1v) is 33.3. The van der Waals surface area contributed by atoms with Crippen molar-refractivity contribution in [1.29, 1.82) is 0 Å². The first-order valence-electron chi connectivity index (χ1n) is 27.2. The second-order valence-electron chi connectivity index (χ2n) is 23.3. The molecule has 9 aromatic rings. The van der Waals surface area contributed by atoms with Crippen molar-refractivity contribution < 1.29 is 47.3 Å². The van der Waals surface area contributed by atoms with Crippen LogP contribution in [0, 0.1) is 17.5 Å². The van der Waals surface area contributed by atoms with Gasteiger partial charge in [0.25, 0.3) is 30.1 Å². The van der Waals surface area contributed by atoms with Gasteiger partial charge in [-0.3, -0.25) is 14.2 Å². The van der Waals surface area contributed by atoms with Gasteiger partial charge < -0.3 is 24.0 Å². The van der Waals surface area contributed by atoms with E-state index < -0.39 is 47.5 Å². The Balaban J connectivity index is 0.000000192. The number of alkyl halides is 1. The minimum atomic E-state index is -4.01. The Labute approximate surface area is 540 Å². The van der Waals surface area contributed by atoms with Crippen molar-refractivity contribution >= 4 is 93.5 Å². The van der Waals surface area contributed by atoms with Crippen LogP contribution in [0.25, 0.3) is 34.3 Å². The fourth-order valence-corrected chi connectivity index (χ4v) is 12.2. The molecule has 0 aliphatic heterocycles. The van der Waals surface area contributed by atoms with E-state index in [0.717, 1.165) is 34.9 Å². The van der Waals surface area contributed by atoms with Crippen molar-refractivity contribution in [2.45, 2.75) is 112 Å². The maximum atomic E-state index is 14.2. The first kappa shape index (κ1) is 70.3. The Morgan fingerprint density at radius 3 is 1.10 bits per heavy atom. The number of nitrogens with zero attached hydrogens (tertiary/aromatic N) is 7. The highest BCUT2D eigenvalue weighted by Crippen LogP contribution is 2.38. The zero-order chi connectivity index (χ0) is 66.5. The maximum Gasteiger partial charge on any atom is 0.261 e. The molecule has 90 heavy (non-hydrogen) atoms. The van der Waals surface area contributed by atoms with Crippen molar-refractivity contribution in [3.05, 3.63) is 176 Å². The van der Waals surface area contributed by atoms with Gasteiger partial charge in [0.05, 0.1) is 71.0 Å². The summed E-state index contributed by atoms with van der Waals surface area (Å²) in [5, 5.41) is 28.8. The molecule has 0 bridgehead atoms. The molecule has 30 heteroatoms. The Morgan fingerprint density at radius 2 is 0.778 bits per heavy atom. The molecular formula is C60H65Cl4F3N12O8S3. The standard InChI is InChI=1S/C21H25ClFN5O2S.C20H22ClFN4O3S.C19H18Cl2FN3O3S/c1-21(2,3)13-6-8-14(9-7-13)31(29,30)27-18-11-17(23)16(22)10-15(18)20-26-25-19(12-24-4)28(20)5;1-20(2,3)12-5-7-13(8-6-12)30(27,28)26-17-10-16(22)15(21)9-14(17)19-25-24-18(29-19)11-23-4;1-19(2,3)11-4-6-12(7-5-11)29(26,27)25-16-9-15(22)14(21)8-13(16)18-24-23-17(10-20)28-18/h6-11,24,27H,12H2,1-5H3;5-10,23,26H,11H2,1-4H3;4-9,25H,10H2,1-3H3. The van der Waals surface area contributed by atoms with Crippen molar-refractivity contribution in [2.24, 2.45) is 7.05 Å². The van der Waals surface area contributed by atoms with Crippen LogP contribution >= 0.6 is 46.4 Å². The van der Waals surface area contributed by atoms with Crippen molar-refractivity contribution in [3.8, 4) is 34.3 Å². The van der Waals surface area contributed by atoms with E-state index in [0.29, 0.717) is 36.2 Å². The fraction of sp³-hybridized carbons (Fsp3) is 0.300. The van der Waals surface area contributed by atoms with Gasteiger partial charge in [0.2, 0.25) is 23.6 Å². The molecule has 6 aromatic carbocycles. The number of anilines is 3. The highest BCUT2D eigenvalue weighted by atomic mass is 35.5. The molecule has 0 amide bonds. The third-order valence-corrected chi connectivity index (χ3v) is 18.6. The molecule has 0 saturated carbocycles. The molecule has 0 radical (unpaired) electrons. The summed E-state index contributed by atoms with van der Waals surface area (Å²) in [7, 11) is -6.77.